The minimum Gasteiger partial charge on any atom is -0.393 e. The van der Waals surface area contributed by atoms with Crippen molar-refractivity contribution in [1.82, 2.24) is 0 Å². The lowest BCUT2D eigenvalue weighted by molar-refractivity contribution is -0.143. The Labute approximate surface area is 254 Å². The molecule has 42 heavy (non-hydrogen) atoms. The number of allylic oxidation sites excluding steroid dienone is 3. The van der Waals surface area contributed by atoms with Crippen molar-refractivity contribution in [1.29, 1.82) is 0 Å². The number of aliphatic hydroxyl groups is 2. The Kier molecular flexibility index (Phi) is 7.90. The Morgan fingerprint density at radius 1 is 0.738 bits per heavy atom. The van der Waals surface area contributed by atoms with E-state index >= 15 is 0 Å². The average molecular weight is 577 g/mol. The van der Waals surface area contributed by atoms with Crippen LogP contribution >= 0.6 is 0 Å². The molecule has 8 aliphatic carbocycles. The third-order valence-electron chi connectivity index (χ3n) is 14.9. The SMILES string of the molecule is CC[C@@]12CCC[C@H]1[C@@H]1CCC3=CCCC[C@@H]3[C@H]1C(O)C2.CC[C@]12CC(O)[C@H]3[C@@H](CCC4=CC(=O)CC[C@@H]43)[C@@H]1CCC2=O. The maximum absolute atomic E-state index is 12.5. The third kappa shape index (κ3) is 4.50. The molecule has 0 aromatic carbocycles. The van der Waals surface area contributed by atoms with Crippen molar-refractivity contribution in [3.8, 4) is 0 Å². The van der Waals surface area contributed by atoms with Gasteiger partial charge in [0.15, 0.2) is 5.78 Å². The topological polar surface area (TPSA) is 74.6 Å². The minimum atomic E-state index is -0.370. The molecule has 0 aromatic heterocycles. The summed E-state index contributed by atoms with van der Waals surface area (Å²) in [5, 5.41) is 21.9. The van der Waals surface area contributed by atoms with Crippen molar-refractivity contribution in [3.63, 3.8) is 0 Å². The summed E-state index contributed by atoms with van der Waals surface area (Å²) in [5.74, 6) is 5.40. The summed E-state index contributed by atoms with van der Waals surface area (Å²) in [6.07, 6.45) is 24.2. The number of aliphatic hydroxyl groups excluding tert-OH is 2. The second-order valence-corrected chi connectivity index (χ2v) is 16.0. The molecule has 232 valence electrons. The van der Waals surface area contributed by atoms with E-state index in [1.54, 1.807) is 5.57 Å². The van der Waals surface area contributed by atoms with E-state index in [9.17, 15) is 19.8 Å². The summed E-state index contributed by atoms with van der Waals surface area (Å²) in [7, 11) is 0. The summed E-state index contributed by atoms with van der Waals surface area (Å²) < 4.78 is 0. The van der Waals surface area contributed by atoms with Gasteiger partial charge in [0, 0.05) is 18.3 Å². The van der Waals surface area contributed by atoms with Crippen molar-refractivity contribution in [3.05, 3.63) is 23.3 Å². The molecule has 0 bridgehead atoms. The summed E-state index contributed by atoms with van der Waals surface area (Å²) in [4.78, 5) is 24.2. The first-order valence-electron chi connectivity index (χ1n) is 18.1. The number of hydrogen-bond acceptors (Lipinski definition) is 4. The Morgan fingerprint density at radius 2 is 1.45 bits per heavy atom. The molecule has 4 nitrogen and oxygen atoms in total. The molecule has 0 radical (unpaired) electrons. The quantitative estimate of drug-likeness (QED) is 0.330. The van der Waals surface area contributed by atoms with Crippen LogP contribution < -0.4 is 0 Å². The molecule has 0 aromatic rings. The Morgan fingerprint density at radius 3 is 2.21 bits per heavy atom. The van der Waals surface area contributed by atoms with Crippen LogP contribution in [0.5, 0.6) is 0 Å². The standard InChI is InChI=1S/C19H26O3.C19H30O/c1-2-19-10-16(21)18-13-6-4-12(20)9-11(13)3-5-14(18)15(19)7-8-17(19)22;1-2-19-11-5-8-16(19)15-10-9-13-6-3-4-7-14(13)18(15)17(20)12-19/h9,13-16,18,21H,2-8,10H2,1H3;6,14-18,20H,2-5,7-12H2,1H3/t13-,14-,15-,16?,18+,19-;14-,15-,16-,17?,18+,19-/m00/s1. The van der Waals surface area contributed by atoms with Gasteiger partial charge in [-0.25, -0.2) is 0 Å². The van der Waals surface area contributed by atoms with Crippen LogP contribution in [0.4, 0.5) is 0 Å². The van der Waals surface area contributed by atoms with Crippen molar-refractivity contribution < 1.29 is 19.8 Å². The van der Waals surface area contributed by atoms with Gasteiger partial charge in [0.1, 0.15) is 5.78 Å². The van der Waals surface area contributed by atoms with Gasteiger partial charge in [-0.2, -0.15) is 0 Å². The van der Waals surface area contributed by atoms with Crippen molar-refractivity contribution in [2.24, 2.45) is 58.2 Å². The summed E-state index contributed by atoms with van der Waals surface area (Å²) in [6.45, 7) is 4.50. The fourth-order valence-corrected chi connectivity index (χ4v) is 13.2. The van der Waals surface area contributed by atoms with Gasteiger partial charge in [-0.3, -0.25) is 9.59 Å². The number of rotatable bonds is 2. The van der Waals surface area contributed by atoms with Crippen LogP contribution in [0.25, 0.3) is 0 Å². The van der Waals surface area contributed by atoms with E-state index in [-0.39, 0.29) is 29.3 Å². The molecule has 0 spiro atoms. The summed E-state index contributed by atoms with van der Waals surface area (Å²) in [5.41, 5.74) is 3.27. The van der Waals surface area contributed by atoms with Gasteiger partial charge in [-0.15, -0.1) is 0 Å². The molecule has 6 fully saturated rings. The van der Waals surface area contributed by atoms with Crippen LogP contribution in [0, 0.1) is 58.2 Å². The minimum absolute atomic E-state index is 0.0129. The van der Waals surface area contributed by atoms with E-state index in [2.05, 4.69) is 19.9 Å². The number of Topliss-reactive ketones (excluding diaryl/α,β-unsaturated/α-hetero) is 1. The van der Waals surface area contributed by atoms with E-state index in [4.69, 9.17) is 0 Å². The van der Waals surface area contributed by atoms with Crippen LogP contribution in [0.2, 0.25) is 0 Å². The predicted molar refractivity (Wildman–Crippen MR) is 165 cm³/mol. The zero-order chi connectivity index (χ0) is 29.2. The predicted octanol–water partition coefficient (Wildman–Crippen LogP) is 7.76. The monoisotopic (exact) mass is 576 g/mol. The van der Waals surface area contributed by atoms with E-state index in [1.807, 2.05) is 6.08 Å². The van der Waals surface area contributed by atoms with Gasteiger partial charge in [0.05, 0.1) is 12.2 Å². The zero-order valence-electron chi connectivity index (χ0n) is 26.4. The lowest BCUT2D eigenvalue weighted by Crippen LogP contribution is -2.54. The van der Waals surface area contributed by atoms with Gasteiger partial charge in [0.25, 0.3) is 0 Å². The van der Waals surface area contributed by atoms with Gasteiger partial charge in [-0.05, 0) is 149 Å². The number of fused-ring (bicyclic) bond motifs is 10. The lowest BCUT2D eigenvalue weighted by atomic mass is 9.50. The third-order valence-corrected chi connectivity index (χ3v) is 14.9. The Bertz CT molecular complexity index is 1140. The summed E-state index contributed by atoms with van der Waals surface area (Å²) >= 11 is 0. The molecule has 0 amide bonds. The first-order valence-corrected chi connectivity index (χ1v) is 18.1. The molecule has 2 N–H and O–H groups in total. The molecular formula is C38H56O4. The molecule has 0 aliphatic heterocycles. The maximum Gasteiger partial charge on any atom is 0.155 e. The highest BCUT2D eigenvalue weighted by molar-refractivity contribution is 5.91. The molecular weight excluding hydrogens is 520 g/mol. The van der Waals surface area contributed by atoms with E-state index in [0.29, 0.717) is 54.1 Å². The van der Waals surface area contributed by atoms with Crippen LogP contribution in [-0.2, 0) is 9.59 Å². The largest absolute Gasteiger partial charge is 0.393 e. The fraction of sp³-hybridized carbons (Fsp3) is 0.842. The van der Waals surface area contributed by atoms with E-state index in [0.717, 1.165) is 56.3 Å². The normalized spacial score (nSPS) is 49.1. The van der Waals surface area contributed by atoms with Gasteiger partial charge in [-0.1, -0.05) is 43.9 Å². The second-order valence-electron chi connectivity index (χ2n) is 16.0. The molecule has 4 heteroatoms. The number of hydrogen-bond donors (Lipinski definition) is 2. The fourth-order valence-electron chi connectivity index (χ4n) is 13.2. The highest BCUT2D eigenvalue weighted by Crippen LogP contribution is 2.64. The lowest BCUT2D eigenvalue weighted by Gasteiger charge is -2.55. The molecule has 12 atom stereocenters. The smallest absolute Gasteiger partial charge is 0.155 e. The Balaban J connectivity index is 0.000000138. The first kappa shape index (κ1) is 29.5. The van der Waals surface area contributed by atoms with Crippen LogP contribution in [0.3, 0.4) is 0 Å². The number of carbonyl (C=O) groups excluding carboxylic acids is 2. The maximum atomic E-state index is 12.5. The van der Waals surface area contributed by atoms with E-state index < -0.39 is 0 Å². The van der Waals surface area contributed by atoms with Gasteiger partial charge >= 0.3 is 0 Å². The molecule has 6 saturated carbocycles. The number of ketones is 2. The highest BCUT2D eigenvalue weighted by atomic mass is 16.3. The highest BCUT2D eigenvalue weighted by Gasteiger charge is 2.60. The second kappa shape index (κ2) is 11.3. The van der Waals surface area contributed by atoms with E-state index in [1.165, 1.54) is 63.4 Å². The van der Waals surface area contributed by atoms with Crippen molar-refractivity contribution in [2.75, 3.05) is 0 Å². The van der Waals surface area contributed by atoms with Gasteiger partial charge < -0.3 is 10.2 Å². The van der Waals surface area contributed by atoms with Crippen LogP contribution in [-0.4, -0.2) is 34.0 Å². The number of carbonyl (C=O) groups is 2. The Hall–Kier alpha value is -1.26. The molecule has 2 unspecified atom stereocenters. The molecule has 0 heterocycles. The van der Waals surface area contributed by atoms with Crippen LogP contribution in [0.15, 0.2) is 23.3 Å². The first-order chi connectivity index (χ1) is 20.3. The zero-order valence-corrected chi connectivity index (χ0v) is 26.4. The van der Waals surface area contributed by atoms with Crippen molar-refractivity contribution in [2.45, 2.75) is 142 Å². The van der Waals surface area contributed by atoms with Gasteiger partial charge in [0.2, 0.25) is 0 Å². The summed E-state index contributed by atoms with van der Waals surface area (Å²) in [6, 6.07) is 0. The van der Waals surface area contributed by atoms with Crippen molar-refractivity contribution >= 4 is 11.6 Å². The average Bonchev–Trinajstić information content (AvgIpc) is 3.58. The van der Waals surface area contributed by atoms with Crippen LogP contribution in [0.1, 0.15) is 129 Å². The molecule has 8 aliphatic rings. The molecule has 8 rings (SSSR count). The molecule has 0 saturated heterocycles.